The Bertz CT molecular complexity index is 768. The van der Waals surface area contributed by atoms with Crippen LogP contribution in [0.2, 0.25) is 0 Å². The summed E-state index contributed by atoms with van der Waals surface area (Å²) in [5, 5.41) is 0. The van der Waals surface area contributed by atoms with E-state index in [1.54, 1.807) is 0 Å². The maximum Gasteiger partial charge on any atom is 0.272 e. The van der Waals surface area contributed by atoms with E-state index >= 15 is 0 Å². The number of likely N-dealkylation sites (tertiary alicyclic amines) is 1. The van der Waals surface area contributed by atoms with Crippen LogP contribution in [0, 0.1) is 0 Å². The number of carbonyl (C=O) groups is 1. The van der Waals surface area contributed by atoms with Crippen LogP contribution in [0.4, 0.5) is 11.5 Å². The van der Waals surface area contributed by atoms with Gasteiger partial charge >= 0.3 is 0 Å². The number of benzene rings is 1. The third kappa shape index (κ3) is 3.11. The first-order valence-electron chi connectivity index (χ1n) is 9.22. The van der Waals surface area contributed by atoms with Crippen molar-refractivity contribution >= 4 is 17.4 Å². The van der Waals surface area contributed by atoms with Gasteiger partial charge in [0.1, 0.15) is 17.8 Å². The highest BCUT2D eigenvalue weighted by molar-refractivity contribution is 5.93. The molecule has 2 aromatic rings. The Morgan fingerprint density at radius 2 is 1.84 bits per heavy atom. The Morgan fingerprint density at radius 3 is 2.64 bits per heavy atom. The average molecular weight is 336 g/mol. The Morgan fingerprint density at radius 1 is 1.08 bits per heavy atom. The van der Waals surface area contributed by atoms with Crippen LogP contribution in [0.1, 0.15) is 48.7 Å². The summed E-state index contributed by atoms with van der Waals surface area (Å²) >= 11 is 0. The normalized spacial score (nSPS) is 20.3. The van der Waals surface area contributed by atoms with Crippen molar-refractivity contribution < 1.29 is 4.79 Å². The molecule has 0 N–H and O–H groups in total. The van der Waals surface area contributed by atoms with Gasteiger partial charge in [0.2, 0.25) is 0 Å². The molecule has 1 fully saturated rings. The highest BCUT2D eigenvalue weighted by Gasteiger charge is 2.28. The van der Waals surface area contributed by atoms with Gasteiger partial charge in [0, 0.05) is 30.9 Å². The molecule has 4 rings (SSSR count). The van der Waals surface area contributed by atoms with E-state index < -0.39 is 0 Å². The molecule has 1 aromatic carbocycles. The predicted molar refractivity (Wildman–Crippen MR) is 98.2 cm³/mol. The van der Waals surface area contributed by atoms with Crippen molar-refractivity contribution in [3.63, 3.8) is 0 Å². The second-order valence-corrected chi connectivity index (χ2v) is 7.02. The molecule has 0 spiro atoms. The number of nitrogens with zero attached hydrogens (tertiary/aromatic N) is 4. The fraction of sp³-hybridized carbons (Fsp3) is 0.450. The highest BCUT2D eigenvalue weighted by Crippen LogP contribution is 2.37. The lowest BCUT2D eigenvalue weighted by atomic mass is 10.1. The van der Waals surface area contributed by atoms with Gasteiger partial charge in [-0.1, -0.05) is 31.0 Å². The van der Waals surface area contributed by atoms with Crippen molar-refractivity contribution in [2.24, 2.45) is 0 Å². The molecule has 0 radical (unpaired) electrons. The number of fused-ring (bicyclic) bond motifs is 1. The van der Waals surface area contributed by atoms with Gasteiger partial charge in [0.15, 0.2) is 0 Å². The number of amides is 1. The molecule has 1 saturated heterocycles. The Hall–Kier alpha value is -2.43. The first kappa shape index (κ1) is 16.1. The molecule has 1 atom stereocenters. The van der Waals surface area contributed by atoms with E-state index in [2.05, 4.69) is 40.0 Å². The van der Waals surface area contributed by atoms with E-state index in [0.717, 1.165) is 38.2 Å². The van der Waals surface area contributed by atoms with Crippen LogP contribution in [0.5, 0.6) is 0 Å². The van der Waals surface area contributed by atoms with Crippen LogP contribution in [0.15, 0.2) is 36.7 Å². The van der Waals surface area contributed by atoms with Crippen LogP contribution in [-0.2, 0) is 6.42 Å². The van der Waals surface area contributed by atoms with E-state index in [0.29, 0.717) is 11.7 Å². The SMILES string of the molecule is CC1Cc2ccccc2N1c1cc(C(=O)N2CCCCCC2)ncn1. The lowest BCUT2D eigenvalue weighted by molar-refractivity contribution is 0.0755. The van der Waals surface area contributed by atoms with Crippen molar-refractivity contribution in [1.29, 1.82) is 0 Å². The Kier molecular flexibility index (Phi) is 4.38. The minimum atomic E-state index is 0.0330. The van der Waals surface area contributed by atoms with Crippen LogP contribution in [-0.4, -0.2) is 39.9 Å². The lowest BCUT2D eigenvalue weighted by Crippen LogP contribution is -2.33. The molecular formula is C20H24N4O. The monoisotopic (exact) mass is 336 g/mol. The summed E-state index contributed by atoms with van der Waals surface area (Å²) in [5.74, 6) is 0.844. The molecule has 0 saturated carbocycles. The third-order valence-electron chi connectivity index (χ3n) is 5.22. The fourth-order valence-corrected chi connectivity index (χ4v) is 3.95. The molecule has 25 heavy (non-hydrogen) atoms. The number of hydrogen-bond donors (Lipinski definition) is 0. The summed E-state index contributed by atoms with van der Waals surface area (Å²) in [5.41, 5.74) is 3.01. The summed E-state index contributed by atoms with van der Waals surface area (Å²) in [4.78, 5) is 25.8. The zero-order chi connectivity index (χ0) is 17.2. The molecule has 3 heterocycles. The van der Waals surface area contributed by atoms with Crippen molar-refractivity contribution in [3.05, 3.63) is 47.9 Å². The minimum absolute atomic E-state index is 0.0330. The molecule has 1 aromatic heterocycles. The van der Waals surface area contributed by atoms with E-state index in [1.807, 2.05) is 17.0 Å². The quantitative estimate of drug-likeness (QED) is 0.841. The van der Waals surface area contributed by atoms with Crippen LogP contribution >= 0.6 is 0 Å². The predicted octanol–water partition coefficient (Wildman–Crippen LogP) is 3.58. The molecule has 2 aliphatic heterocycles. The van der Waals surface area contributed by atoms with E-state index in [4.69, 9.17) is 0 Å². The zero-order valence-corrected chi connectivity index (χ0v) is 14.7. The van der Waals surface area contributed by atoms with Crippen LogP contribution in [0.3, 0.4) is 0 Å². The largest absolute Gasteiger partial charge is 0.337 e. The van der Waals surface area contributed by atoms with Crippen molar-refractivity contribution in [2.45, 2.75) is 45.1 Å². The second kappa shape index (κ2) is 6.82. The zero-order valence-electron chi connectivity index (χ0n) is 14.7. The maximum atomic E-state index is 12.9. The summed E-state index contributed by atoms with van der Waals surface area (Å²) in [7, 11) is 0. The molecule has 5 nitrogen and oxygen atoms in total. The van der Waals surface area contributed by atoms with Gasteiger partial charge in [0.25, 0.3) is 5.91 Å². The van der Waals surface area contributed by atoms with Gasteiger partial charge < -0.3 is 9.80 Å². The number of anilines is 2. The number of para-hydroxylation sites is 1. The number of hydrogen-bond acceptors (Lipinski definition) is 4. The smallest absolute Gasteiger partial charge is 0.272 e. The number of rotatable bonds is 2. The molecule has 130 valence electrons. The molecule has 0 bridgehead atoms. The van der Waals surface area contributed by atoms with Gasteiger partial charge in [-0.3, -0.25) is 4.79 Å². The Labute approximate surface area is 148 Å². The average Bonchev–Trinajstić information content (AvgIpc) is 2.80. The maximum absolute atomic E-state index is 12.9. The molecule has 5 heteroatoms. The Balaban J connectivity index is 1.62. The van der Waals surface area contributed by atoms with Crippen molar-refractivity contribution in [3.8, 4) is 0 Å². The van der Waals surface area contributed by atoms with E-state index in [1.165, 1.54) is 30.4 Å². The van der Waals surface area contributed by atoms with Crippen molar-refractivity contribution in [2.75, 3.05) is 18.0 Å². The summed E-state index contributed by atoms with van der Waals surface area (Å²) in [6.07, 6.45) is 7.10. The van der Waals surface area contributed by atoms with Gasteiger partial charge in [-0.05, 0) is 37.8 Å². The van der Waals surface area contributed by atoms with Gasteiger partial charge in [-0.2, -0.15) is 0 Å². The van der Waals surface area contributed by atoms with E-state index in [9.17, 15) is 4.79 Å². The summed E-state index contributed by atoms with van der Waals surface area (Å²) < 4.78 is 0. The summed E-state index contributed by atoms with van der Waals surface area (Å²) in [6, 6.07) is 10.6. The topological polar surface area (TPSA) is 49.3 Å². The van der Waals surface area contributed by atoms with Gasteiger partial charge in [-0.15, -0.1) is 0 Å². The fourth-order valence-electron chi connectivity index (χ4n) is 3.95. The first-order chi connectivity index (χ1) is 12.2. The standard InChI is InChI=1S/C20H24N4O/c1-15-12-16-8-4-5-9-18(16)24(15)19-13-17(21-14-22-19)20(25)23-10-6-2-3-7-11-23/h4-5,8-9,13-15H,2-3,6-7,10-12H2,1H3. The van der Waals surface area contributed by atoms with Crippen molar-refractivity contribution in [1.82, 2.24) is 14.9 Å². The highest BCUT2D eigenvalue weighted by atomic mass is 16.2. The molecule has 0 aliphatic carbocycles. The second-order valence-electron chi connectivity index (χ2n) is 7.02. The third-order valence-corrected chi connectivity index (χ3v) is 5.22. The van der Waals surface area contributed by atoms with E-state index in [-0.39, 0.29) is 5.91 Å². The van der Waals surface area contributed by atoms with Gasteiger partial charge in [-0.25, -0.2) is 9.97 Å². The number of carbonyl (C=O) groups excluding carboxylic acids is 1. The lowest BCUT2D eigenvalue weighted by Gasteiger charge is -2.25. The van der Waals surface area contributed by atoms with Gasteiger partial charge in [0.05, 0.1) is 0 Å². The number of aromatic nitrogens is 2. The molecular weight excluding hydrogens is 312 g/mol. The van der Waals surface area contributed by atoms with Crippen LogP contribution < -0.4 is 4.90 Å². The summed E-state index contributed by atoms with van der Waals surface area (Å²) in [6.45, 7) is 3.86. The molecule has 1 unspecified atom stereocenters. The molecule has 2 aliphatic rings. The minimum Gasteiger partial charge on any atom is -0.337 e. The molecule has 1 amide bonds. The first-order valence-corrected chi connectivity index (χ1v) is 9.22. The van der Waals surface area contributed by atoms with Crippen LogP contribution in [0.25, 0.3) is 0 Å².